The van der Waals surface area contributed by atoms with Crippen LogP contribution in [-0.2, 0) is 0 Å². The van der Waals surface area contributed by atoms with Crippen molar-refractivity contribution in [1.82, 2.24) is 10.6 Å². The Balaban J connectivity index is 3.07. The summed E-state index contributed by atoms with van der Waals surface area (Å²) in [6.07, 6.45) is 5.19. The van der Waals surface area contributed by atoms with Gasteiger partial charge in [0.25, 0.3) is 0 Å². The summed E-state index contributed by atoms with van der Waals surface area (Å²) in [6.45, 7) is 3.39. The summed E-state index contributed by atoms with van der Waals surface area (Å²) in [7, 11) is 4.06. The van der Waals surface area contributed by atoms with Crippen LogP contribution in [0.2, 0.25) is 0 Å². The third-order valence-corrected chi connectivity index (χ3v) is 2.13. The van der Waals surface area contributed by atoms with Crippen LogP contribution in [0.3, 0.4) is 0 Å². The molecule has 0 aliphatic rings. The highest BCUT2D eigenvalue weighted by Crippen LogP contribution is 2.02. The minimum absolute atomic E-state index is 0.729. The maximum absolute atomic E-state index is 3.31. The molecule has 0 aliphatic carbocycles. The van der Waals surface area contributed by atoms with Crippen molar-refractivity contribution in [3.05, 3.63) is 0 Å². The van der Waals surface area contributed by atoms with E-state index in [0.29, 0.717) is 0 Å². The zero-order valence-electron chi connectivity index (χ0n) is 8.11. The molecule has 1 unspecified atom stereocenters. The normalized spacial score (nSPS) is 13.4. The molecule has 0 rings (SSSR count). The van der Waals surface area contributed by atoms with Crippen LogP contribution in [0.15, 0.2) is 0 Å². The van der Waals surface area contributed by atoms with Crippen molar-refractivity contribution in [3.63, 3.8) is 0 Å². The Kier molecular flexibility index (Phi) is 7.96. The summed E-state index contributed by atoms with van der Waals surface area (Å²) < 4.78 is 0. The van der Waals surface area contributed by atoms with E-state index < -0.39 is 0 Å². The molecule has 2 N–H and O–H groups in total. The molecule has 0 saturated carbocycles. The number of hydrogen-bond donors (Lipinski definition) is 2. The molecule has 0 spiro atoms. The van der Waals surface area contributed by atoms with E-state index in [0.717, 1.165) is 12.6 Å². The number of unbranched alkanes of at least 4 members (excludes halogenated alkanes) is 1. The van der Waals surface area contributed by atoms with Crippen molar-refractivity contribution in [1.29, 1.82) is 0 Å². The summed E-state index contributed by atoms with van der Waals surface area (Å²) in [5, 5.41) is 6.47. The van der Waals surface area contributed by atoms with Crippen LogP contribution in [0.4, 0.5) is 0 Å². The van der Waals surface area contributed by atoms with Crippen LogP contribution in [-0.4, -0.2) is 26.7 Å². The van der Waals surface area contributed by atoms with Gasteiger partial charge in [0, 0.05) is 6.04 Å². The molecule has 11 heavy (non-hydrogen) atoms. The fourth-order valence-corrected chi connectivity index (χ4v) is 1.25. The fourth-order valence-electron chi connectivity index (χ4n) is 1.25. The highest BCUT2D eigenvalue weighted by molar-refractivity contribution is 4.61. The predicted molar refractivity (Wildman–Crippen MR) is 50.9 cm³/mol. The average molecular weight is 158 g/mol. The van der Waals surface area contributed by atoms with Gasteiger partial charge in [-0.25, -0.2) is 0 Å². The van der Waals surface area contributed by atoms with Gasteiger partial charge in [0.15, 0.2) is 0 Å². The minimum Gasteiger partial charge on any atom is -0.320 e. The summed E-state index contributed by atoms with van der Waals surface area (Å²) in [5.41, 5.74) is 0. The van der Waals surface area contributed by atoms with Gasteiger partial charge in [-0.15, -0.1) is 0 Å². The number of hydrogen-bond acceptors (Lipinski definition) is 2. The second kappa shape index (κ2) is 8.02. The lowest BCUT2D eigenvalue weighted by molar-refractivity contribution is 0.479. The maximum atomic E-state index is 3.31. The Bertz CT molecular complexity index is 70.0. The van der Waals surface area contributed by atoms with Gasteiger partial charge in [-0.1, -0.05) is 13.3 Å². The molecule has 1 atom stereocenters. The molecule has 0 radical (unpaired) electrons. The third-order valence-electron chi connectivity index (χ3n) is 2.13. The molecule has 0 fully saturated rings. The standard InChI is InChI=1S/C9H22N2/c1-4-9(11-3)7-5-6-8-10-2/h9-11H,4-8H2,1-3H3. The molecular formula is C9H22N2. The second-order valence-electron chi connectivity index (χ2n) is 2.99. The predicted octanol–water partition coefficient (Wildman–Crippen LogP) is 1.37. The van der Waals surface area contributed by atoms with E-state index >= 15 is 0 Å². The van der Waals surface area contributed by atoms with Crippen molar-refractivity contribution >= 4 is 0 Å². The molecule has 68 valence electrons. The number of nitrogens with one attached hydrogen (secondary N) is 2. The van der Waals surface area contributed by atoms with Crippen LogP contribution in [0.5, 0.6) is 0 Å². The van der Waals surface area contributed by atoms with E-state index in [1.54, 1.807) is 0 Å². The monoisotopic (exact) mass is 158 g/mol. The topological polar surface area (TPSA) is 24.1 Å². The van der Waals surface area contributed by atoms with Crippen LogP contribution in [0.25, 0.3) is 0 Å². The van der Waals surface area contributed by atoms with Crippen molar-refractivity contribution in [2.45, 2.75) is 38.6 Å². The molecule has 2 heteroatoms. The van der Waals surface area contributed by atoms with E-state index in [1.807, 2.05) is 14.1 Å². The molecule has 0 amide bonds. The first kappa shape index (κ1) is 10.9. The quantitative estimate of drug-likeness (QED) is 0.547. The van der Waals surface area contributed by atoms with Gasteiger partial charge in [-0.3, -0.25) is 0 Å². The zero-order valence-corrected chi connectivity index (χ0v) is 8.11. The van der Waals surface area contributed by atoms with Crippen LogP contribution < -0.4 is 10.6 Å². The molecule has 0 aliphatic heterocycles. The molecular weight excluding hydrogens is 136 g/mol. The van der Waals surface area contributed by atoms with Gasteiger partial charge in [0.2, 0.25) is 0 Å². The van der Waals surface area contributed by atoms with Gasteiger partial charge in [-0.2, -0.15) is 0 Å². The largest absolute Gasteiger partial charge is 0.320 e. The Morgan fingerprint density at radius 2 is 1.91 bits per heavy atom. The van der Waals surface area contributed by atoms with Crippen molar-refractivity contribution < 1.29 is 0 Å². The Morgan fingerprint density at radius 3 is 2.36 bits per heavy atom. The molecule has 0 aromatic rings. The molecule has 0 aromatic carbocycles. The van der Waals surface area contributed by atoms with Crippen LogP contribution in [0.1, 0.15) is 32.6 Å². The van der Waals surface area contributed by atoms with Crippen molar-refractivity contribution in [3.8, 4) is 0 Å². The lowest BCUT2D eigenvalue weighted by Crippen LogP contribution is -2.24. The molecule has 0 bridgehead atoms. The molecule has 0 heterocycles. The van der Waals surface area contributed by atoms with Crippen molar-refractivity contribution in [2.75, 3.05) is 20.6 Å². The SMILES string of the molecule is CCC(CCCCNC)NC. The number of rotatable bonds is 7. The highest BCUT2D eigenvalue weighted by atomic mass is 14.9. The summed E-state index contributed by atoms with van der Waals surface area (Å²) in [6, 6.07) is 0.729. The van der Waals surface area contributed by atoms with E-state index in [-0.39, 0.29) is 0 Å². The van der Waals surface area contributed by atoms with E-state index in [2.05, 4.69) is 17.6 Å². The minimum atomic E-state index is 0.729. The second-order valence-corrected chi connectivity index (χ2v) is 2.99. The molecule has 0 aromatic heterocycles. The van der Waals surface area contributed by atoms with Crippen LogP contribution >= 0.6 is 0 Å². The maximum Gasteiger partial charge on any atom is 0.00614 e. The third kappa shape index (κ3) is 6.32. The van der Waals surface area contributed by atoms with Gasteiger partial charge >= 0.3 is 0 Å². The average Bonchev–Trinajstić information content (AvgIpc) is 2.05. The van der Waals surface area contributed by atoms with Gasteiger partial charge in [0.05, 0.1) is 0 Å². The van der Waals surface area contributed by atoms with Gasteiger partial charge in [-0.05, 0) is 39.9 Å². The van der Waals surface area contributed by atoms with E-state index in [1.165, 1.54) is 25.7 Å². The summed E-state index contributed by atoms with van der Waals surface area (Å²) in [4.78, 5) is 0. The lowest BCUT2D eigenvalue weighted by Gasteiger charge is -2.12. The Morgan fingerprint density at radius 1 is 1.18 bits per heavy atom. The highest BCUT2D eigenvalue weighted by Gasteiger charge is 2.00. The molecule has 0 saturated heterocycles. The van der Waals surface area contributed by atoms with Gasteiger partial charge in [0.1, 0.15) is 0 Å². The van der Waals surface area contributed by atoms with Gasteiger partial charge < -0.3 is 10.6 Å². The first-order chi connectivity index (χ1) is 5.35. The lowest BCUT2D eigenvalue weighted by atomic mass is 10.1. The Labute approximate surface area is 70.8 Å². The molecule has 2 nitrogen and oxygen atoms in total. The summed E-state index contributed by atoms with van der Waals surface area (Å²) in [5.74, 6) is 0. The smallest absolute Gasteiger partial charge is 0.00614 e. The zero-order chi connectivity index (χ0) is 8.53. The fraction of sp³-hybridized carbons (Fsp3) is 1.00. The summed E-state index contributed by atoms with van der Waals surface area (Å²) >= 11 is 0. The van der Waals surface area contributed by atoms with E-state index in [4.69, 9.17) is 0 Å². The van der Waals surface area contributed by atoms with Crippen molar-refractivity contribution in [2.24, 2.45) is 0 Å². The first-order valence-electron chi connectivity index (χ1n) is 4.67. The van der Waals surface area contributed by atoms with Crippen LogP contribution in [0, 0.1) is 0 Å². The first-order valence-corrected chi connectivity index (χ1v) is 4.67. The van der Waals surface area contributed by atoms with E-state index in [9.17, 15) is 0 Å². The Hall–Kier alpha value is -0.0800.